The molecule has 2 N–H and O–H groups in total. The van der Waals surface area contributed by atoms with Crippen molar-refractivity contribution in [1.82, 2.24) is 10.6 Å². The van der Waals surface area contributed by atoms with Gasteiger partial charge in [0.2, 0.25) is 5.91 Å². The molecular weight excluding hydrogens is 332 g/mol. The van der Waals surface area contributed by atoms with Gasteiger partial charge in [0.15, 0.2) is 0 Å². The Morgan fingerprint density at radius 2 is 1.95 bits per heavy atom. The molecule has 21 heavy (non-hydrogen) atoms. The van der Waals surface area contributed by atoms with E-state index in [1.54, 1.807) is 0 Å². The largest absolute Gasteiger partial charge is 0.354 e. The molecule has 5 heteroatoms. The van der Waals surface area contributed by atoms with Crippen LogP contribution in [-0.2, 0) is 4.79 Å². The molecule has 108 valence electrons. The Labute approximate surface area is 131 Å². The summed E-state index contributed by atoms with van der Waals surface area (Å²) >= 11 is 3.44. The first-order valence-corrected chi connectivity index (χ1v) is 7.68. The van der Waals surface area contributed by atoms with E-state index in [4.69, 9.17) is 0 Å². The Hall–Kier alpha value is -1.88. The monoisotopic (exact) mass is 346 g/mol. The van der Waals surface area contributed by atoms with Crippen molar-refractivity contribution in [3.8, 4) is 0 Å². The van der Waals surface area contributed by atoms with Gasteiger partial charge in [-0.05, 0) is 41.5 Å². The minimum Gasteiger partial charge on any atom is -0.354 e. The second-order valence-corrected chi connectivity index (χ2v) is 6.14. The highest BCUT2D eigenvalue weighted by Crippen LogP contribution is 2.21. The quantitative estimate of drug-likeness (QED) is 0.877. The van der Waals surface area contributed by atoms with Crippen molar-refractivity contribution in [3.05, 3.63) is 46.4 Å². The van der Waals surface area contributed by atoms with Crippen molar-refractivity contribution >= 4 is 38.5 Å². The van der Waals surface area contributed by atoms with Gasteiger partial charge in [-0.1, -0.05) is 28.1 Å². The Morgan fingerprint density at radius 3 is 2.71 bits per heavy atom. The maximum Gasteiger partial charge on any atom is 0.251 e. The zero-order valence-corrected chi connectivity index (χ0v) is 12.9. The minimum absolute atomic E-state index is 0.0100. The summed E-state index contributed by atoms with van der Waals surface area (Å²) in [6, 6.07) is 11.6. The summed E-state index contributed by atoms with van der Waals surface area (Å²) in [7, 11) is 0. The number of halogens is 1. The maximum absolute atomic E-state index is 12.3. The molecule has 1 unspecified atom stereocenters. The lowest BCUT2D eigenvalue weighted by molar-refractivity contribution is -0.122. The fourth-order valence-electron chi connectivity index (χ4n) is 2.48. The highest BCUT2D eigenvalue weighted by molar-refractivity contribution is 9.10. The number of fused-ring (bicyclic) bond motifs is 1. The lowest BCUT2D eigenvalue weighted by atomic mass is 10.0. The van der Waals surface area contributed by atoms with Gasteiger partial charge in [0, 0.05) is 29.0 Å². The first kappa shape index (κ1) is 14.1. The van der Waals surface area contributed by atoms with E-state index in [2.05, 4.69) is 26.6 Å². The number of amides is 2. The number of nitrogens with one attached hydrogen (secondary N) is 2. The highest BCUT2D eigenvalue weighted by atomic mass is 79.9. The molecule has 0 saturated carbocycles. The smallest absolute Gasteiger partial charge is 0.251 e. The highest BCUT2D eigenvalue weighted by Gasteiger charge is 2.20. The molecule has 1 heterocycles. The van der Waals surface area contributed by atoms with Gasteiger partial charge in [-0.15, -0.1) is 0 Å². The molecule has 1 atom stereocenters. The first-order valence-electron chi connectivity index (χ1n) is 6.89. The topological polar surface area (TPSA) is 58.2 Å². The number of benzene rings is 2. The number of hydrogen-bond acceptors (Lipinski definition) is 2. The summed E-state index contributed by atoms with van der Waals surface area (Å²) in [6.45, 7) is 0.505. The van der Waals surface area contributed by atoms with Crippen LogP contribution in [0, 0.1) is 0 Å². The molecule has 0 aliphatic carbocycles. The third-order valence-corrected chi connectivity index (χ3v) is 4.16. The zero-order chi connectivity index (χ0) is 14.8. The second kappa shape index (κ2) is 5.85. The standard InChI is InChI=1S/C16H15BrN2O2/c17-13-4-3-10-7-12(2-1-11(10)8-13)16(21)19-14-5-6-15(20)18-9-14/h1-4,7-8,14H,5-6,9H2,(H,18,20)(H,19,21). The van der Waals surface area contributed by atoms with E-state index >= 15 is 0 Å². The van der Waals surface area contributed by atoms with Crippen LogP contribution in [0.25, 0.3) is 10.8 Å². The van der Waals surface area contributed by atoms with E-state index < -0.39 is 0 Å². The van der Waals surface area contributed by atoms with E-state index in [-0.39, 0.29) is 17.9 Å². The van der Waals surface area contributed by atoms with Gasteiger partial charge in [0.25, 0.3) is 5.91 Å². The van der Waals surface area contributed by atoms with Gasteiger partial charge in [-0.25, -0.2) is 0 Å². The van der Waals surface area contributed by atoms with Gasteiger partial charge in [0.1, 0.15) is 0 Å². The van der Waals surface area contributed by atoms with Crippen LogP contribution < -0.4 is 10.6 Å². The van der Waals surface area contributed by atoms with Crippen molar-refractivity contribution in [2.45, 2.75) is 18.9 Å². The zero-order valence-electron chi connectivity index (χ0n) is 11.4. The molecule has 0 spiro atoms. The third kappa shape index (κ3) is 3.24. The van der Waals surface area contributed by atoms with E-state index in [9.17, 15) is 9.59 Å². The van der Waals surface area contributed by atoms with Crippen LogP contribution in [-0.4, -0.2) is 24.4 Å². The second-order valence-electron chi connectivity index (χ2n) is 5.22. The molecule has 3 rings (SSSR count). The Bertz CT molecular complexity index is 704. The SMILES string of the molecule is O=C1CCC(NC(=O)c2ccc3cc(Br)ccc3c2)CN1. The summed E-state index contributed by atoms with van der Waals surface area (Å²) in [5, 5.41) is 7.85. The average molecular weight is 347 g/mol. The molecule has 1 aliphatic rings. The number of carbonyl (C=O) groups is 2. The fourth-order valence-corrected chi connectivity index (χ4v) is 2.86. The van der Waals surface area contributed by atoms with E-state index in [1.165, 1.54) is 0 Å². The number of hydrogen-bond donors (Lipinski definition) is 2. The molecular formula is C16H15BrN2O2. The molecule has 1 aliphatic heterocycles. The predicted molar refractivity (Wildman–Crippen MR) is 85.1 cm³/mol. The molecule has 0 radical (unpaired) electrons. The van der Waals surface area contributed by atoms with Crippen molar-refractivity contribution in [3.63, 3.8) is 0 Å². The van der Waals surface area contributed by atoms with Crippen molar-refractivity contribution in [1.29, 1.82) is 0 Å². The molecule has 1 fully saturated rings. The van der Waals surface area contributed by atoms with E-state index in [0.29, 0.717) is 24.9 Å². The van der Waals surface area contributed by atoms with Crippen LogP contribution in [0.15, 0.2) is 40.9 Å². The molecule has 0 aromatic heterocycles. The molecule has 0 bridgehead atoms. The lowest BCUT2D eigenvalue weighted by Crippen LogP contribution is -2.47. The van der Waals surface area contributed by atoms with Crippen molar-refractivity contribution < 1.29 is 9.59 Å². The summed E-state index contributed by atoms with van der Waals surface area (Å²) in [5.41, 5.74) is 0.640. The fraction of sp³-hybridized carbons (Fsp3) is 0.250. The number of piperidine rings is 1. The summed E-state index contributed by atoms with van der Waals surface area (Å²) in [4.78, 5) is 23.4. The number of rotatable bonds is 2. The summed E-state index contributed by atoms with van der Waals surface area (Å²) in [6.07, 6.45) is 1.16. The third-order valence-electron chi connectivity index (χ3n) is 3.67. The molecule has 2 amide bonds. The lowest BCUT2D eigenvalue weighted by Gasteiger charge is -2.23. The van der Waals surface area contributed by atoms with Crippen LogP contribution >= 0.6 is 15.9 Å². The van der Waals surface area contributed by atoms with E-state index in [1.807, 2.05) is 36.4 Å². The summed E-state index contributed by atoms with van der Waals surface area (Å²) in [5.74, 6) is -0.0438. The Morgan fingerprint density at radius 1 is 1.19 bits per heavy atom. The molecule has 1 saturated heterocycles. The normalized spacial score (nSPS) is 18.3. The maximum atomic E-state index is 12.3. The van der Waals surface area contributed by atoms with Crippen LogP contribution in [0.3, 0.4) is 0 Å². The minimum atomic E-state index is -0.0963. The van der Waals surface area contributed by atoms with Crippen LogP contribution in [0.5, 0.6) is 0 Å². The predicted octanol–water partition coefficient (Wildman–Crippen LogP) is 2.61. The van der Waals surface area contributed by atoms with E-state index in [0.717, 1.165) is 15.2 Å². The van der Waals surface area contributed by atoms with Gasteiger partial charge in [0.05, 0.1) is 0 Å². The number of carbonyl (C=O) groups excluding carboxylic acids is 2. The van der Waals surface area contributed by atoms with Gasteiger partial charge in [-0.3, -0.25) is 9.59 Å². The van der Waals surface area contributed by atoms with Crippen LogP contribution in [0.1, 0.15) is 23.2 Å². The summed E-state index contributed by atoms with van der Waals surface area (Å²) < 4.78 is 1.02. The van der Waals surface area contributed by atoms with Crippen LogP contribution in [0.4, 0.5) is 0 Å². The first-order chi connectivity index (χ1) is 10.1. The van der Waals surface area contributed by atoms with Crippen molar-refractivity contribution in [2.24, 2.45) is 0 Å². The van der Waals surface area contributed by atoms with Crippen molar-refractivity contribution in [2.75, 3.05) is 6.54 Å². The van der Waals surface area contributed by atoms with Gasteiger partial charge >= 0.3 is 0 Å². The van der Waals surface area contributed by atoms with Gasteiger partial charge < -0.3 is 10.6 Å². The molecule has 2 aromatic carbocycles. The average Bonchev–Trinajstić information content (AvgIpc) is 2.49. The Balaban J connectivity index is 1.75. The molecule has 2 aromatic rings. The van der Waals surface area contributed by atoms with Gasteiger partial charge in [-0.2, -0.15) is 0 Å². The Kier molecular flexibility index (Phi) is 3.92. The van der Waals surface area contributed by atoms with Crippen LogP contribution in [0.2, 0.25) is 0 Å². The molecule has 4 nitrogen and oxygen atoms in total.